The quantitative estimate of drug-likeness (QED) is 0.239. The van der Waals surface area contributed by atoms with E-state index >= 15 is 0 Å². The van der Waals surface area contributed by atoms with E-state index in [-0.39, 0.29) is 24.5 Å². The minimum Gasteiger partial charge on any atom is -0.493 e. The number of H-pyrrole nitrogens is 1. The minimum atomic E-state index is -4.70. The van der Waals surface area contributed by atoms with E-state index in [1.165, 1.54) is 21.3 Å². The summed E-state index contributed by atoms with van der Waals surface area (Å²) in [5.74, 6) is 0.654. The SMILES string of the molecule is COc1cc2cc(C(=O)NCCNc3ccc(C(F)(F)F)cc3[N+](=O)[O-])[nH]c2c(OC)c1OC. The maximum Gasteiger partial charge on any atom is 0.416 e. The van der Waals surface area contributed by atoms with Crippen LogP contribution in [0.4, 0.5) is 24.5 Å². The molecule has 0 fully saturated rings. The molecule has 0 saturated heterocycles. The van der Waals surface area contributed by atoms with Crippen LogP contribution in [0.5, 0.6) is 17.2 Å². The Hall–Kier alpha value is -4.16. The summed E-state index contributed by atoms with van der Waals surface area (Å²) in [6, 6.07) is 5.45. The van der Waals surface area contributed by atoms with E-state index in [2.05, 4.69) is 15.6 Å². The molecule has 0 saturated carbocycles. The van der Waals surface area contributed by atoms with Crippen LogP contribution in [-0.4, -0.2) is 50.2 Å². The molecule has 182 valence electrons. The van der Waals surface area contributed by atoms with E-state index < -0.39 is 28.3 Å². The Labute approximate surface area is 191 Å². The van der Waals surface area contributed by atoms with Crippen molar-refractivity contribution in [3.63, 3.8) is 0 Å². The molecule has 0 atom stereocenters. The molecule has 0 spiro atoms. The number of nitrogens with zero attached hydrogens (tertiary/aromatic N) is 1. The number of nitrogens with one attached hydrogen (secondary N) is 3. The molecule has 1 amide bonds. The molecule has 3 aromatic rings. The third-order valence-corrected chi connectivity index (χ3v) is 4.91. The Kier molecular flexibility index (Phi) is 7.03. The van der Waals surface area contributed by atoms with Crippen LogP contribution in [0, 0.1) is 10.1 Å². The van der Waals surface area contributed by atoms with Gasteiger partial charge in [0.25, 0.3) is 11.6 Å². The number of nitro benzene ring substituents is 1. The maximum absolute atomic E-state index is 12.8. The Bertz CT molecular complexity index is 1230. The molecule has 0 aliphatic rings. The molecule has 1 aromatic heterocycles. The number of aromatic amines is 1. The molecule has 1 heterocycles. The second-order valence-corrected chi connectivity index (χ2v) is 6.96. The number of carbonyl (C=O) groups is 1. The van der Waals surface area contributed by atoms with E-state index in [1.807, 2.05) is 0 Å². The van der Waals surface area contributed by atoms with Gasteiger partial charge in [0.1, 0.15) is 11.4 Å². The fourth-order valence-electron chi connectivity index (χ4n) is 3.34. The predicted molar refractivity (Wildman–Crippen MR) is 117 cm³/mol. The third-order valence-electron chi connectivity index (χ3n) is 4.91. The Morgan fingerprint density at radius 1 is 1.06 bits per heavy atom. The average Bonchev–Trinajstić information content (AvgIpc) is 3.23. The second kappa shape index (κ2) is 9.77. The number of ether oxygens (including phenoxy) is 3. The van der Waals surface area contributed by atoms with E-state index in [9.17, 15) is 28.1 Å². The van der Waals surface area contributed by atoms with Crippen LogP contribution in [0.2, 0.25) is 0 Å². The van der Waals surface area contributed by atoms with Crippen molar-refractivity contribution in [2.45, 2.75) is 6.18 Å². The number of nitro groups is 1. The third kappa shape index (κ3) is 4.92. The molecule has 0 radical (unpaired) electrons. The van der Waals surface area contributed by atoms with E-state index in [1.54, 1.807) is 12.1 Å². The molecule has 13 heteroatoms. The first-order valence-electron chi connectivity index (χ1n) is 9.80. The lowest BCUT2D eigenvalue weighted by Gasteiger charge is -2.12. The molecule has 10 nitrogen and oxygen atoms in total. The largest absolute Gasteiger partial charge is 0.493 e. The number of hydrogen-bond acceptors (Lipinski definition) is 7. The van der Waals surface area contributed by atoms with Crippen molar-refractivity contribution in [2.24, 2.45) is 0 Å². The van der Waals surface area contributed by atoms with Gasteiger partial charge in [-0.2, -0.15) is 13.2 Å². The number of carbonyl (C=O) groups excluding carboxylic acids is 1. The predicted octanol–water partition coefficient (Wildman–Crippen LogP) is 3.96. The Balaban J connectivity index is 1.69. The summed E-state index contributed by atoms with van der Waals surface area (Å²) < 4.78 is 54.4. The number of hydrogen-bond donors (Lipinski definition) is 3. The molecule has 2 aromatic carbocycles. The highest BCUT2D eigenvalue weighted by Gasteiger charge is 2.33. The lowest BCUT2D eigenvalue weighted by molar-refractivity contribution is -0.384. The summed E-state index contributed by atoms with van der Waals surface area (Å²) in [6.07, 6.45) is -4.70. The summed E-state index contributed by atoms with van der Waals surface area (Å²) in [7, 11) is 4.37. The van der Waals surface area contributed by atoms with E-state index in [4.69, 9.17) is 14.2 Å². The first kappa shape index (κ1) is 24.5. The number of rotatable bonds is 9. The number of methoxy groups -OCH3 is 3. The van der Waals surface area contributed by atoms with Gasteiger partial charge < -0.3 is 29.8 Å². The van der Waals surface area contributed by atoms with Crippen LogP contribution in [0.1, 0.15) is 16.1 Å². The van der Waals surface area contributed by atoms with Gasteiger partial charge in [0.15, 0.2) is 11.5 Å². The fraction of sp³-hybridized carbons (Fsp3) is 0.286. The second-order valence-electron chi connectivity index (χ2n) is 6.96. The minimum absolute atomic E-state index is 0.0309. The van der Waals surface area contributed by atoms with Gasteiger partial charge in [-0.3, -0.25) is 14.9 Å². The number of fused-ring (bicyclic) bond motifs is 1. The molecular formula is C21H21F3N4O6. The molecule has 0 aliphatic heterocycles. The zero-order valence-electron chi connectivity index (χ0n) is 18.3. The van der Waals surface area contributed by atoms with E-state index in [0.29, 0.717) is 34.2 Å². The standard InChI is InChI=1S/C21H21F3N4O6/c1-32-16-9-11-8-14(27-17(11)19(34-3)18(16)33-2)20(29)26-7-6-25-13-5-4-12(21(22,23)24)10-15(13)28(30)31/h4-5,8-10,25,27H,6-7H2,1-3H3,(H,26,29). The summed E-state index contributed by atoms with van der Waals surface area (Å²) >= 11 is 0. The first-order valence-corrected chi connectivity index (χ1v) is 9.80. The molecule has 0 unspecified atom stereocenters. The molecule has 3 N–H and O–H groups in total. The highest BCUT2D eigenvalue weighted by molar-refractivity contribution is 6.01. The summed E-state index contributed by atoms with van der Waals surface area (Å²) in [5, 5.41) is 17.1. The normalized spacial score (nSPS) is 11.2. The summed E-state index contributed by atoms with van der Waals surface area (Å²) in [4.78, 5) is 25.8. The van der Waals surface area contributed by atoms with Crippen molar-refractivity contribution in [3.05, 3.63) is 51.7 Å². The monoisotopic (exact) mass is 482 g/mol. The average molecular weight is 482 g/mol. The van der Waals surface area contributed by atoms with Crippen LogP contribution in [-0.2, 0) is 6.18 Å². The first-order chi connectivity index (χ1) is 16.1. The van der Waals surface area contributed by atoms with Crippen LogP contribution < -0.4 is 24.8 Å². The zero-order valence-corrected chi connectivity index (χ0v) is 18.3. The van der Waals surface area contributed by atoms with Crippen molar-refractivity contribution in [3.8, 4) is 17.2 Å². The van der Waals surface area contributed by atoms with Gasteiger partial charge in [0.05, 0.1) is 37.3 Å². The number of benzene rings is 2. The van der Waals surface area contributed by atoms with Crippen molar-refractivity contribution in [1.29, 1.82) is 0 Å². The van der Waals surface area contributed by atoms with Crippen molar-refractivity contribution in [1.82, 2.24) is 10.3 Å². The summed E-state index contributed by atoms with van der Waals surface area (Å²) in [5.41, 5.74) is -1.21. The lowest BCUT2D eigenvalue weighted by Crippen LogP contribution is -2.29. The lowest BCUT2D eigenvalue weighted by atomic mass is 10.1. The van der Waals surface area contributed by atoms with Crippen molar-refractivity contribution in [2.75, 3.05) is 39.7 Å². The number of anilines is 1. The Morgan fingerprint density at radius 3 is 2.35 bits per heavy atom. The number of aromatic nitrogens is 1. The van der Waals surface area contributed by atoms with Gasteiger partial charge in [-0.25, -0.2) is 0 Å². The molecule has 34 heavy (non-hydrogen) atoms. The number of halogens is 3. The molecule has 0 bridgehead atoms. The molecular weight excluding hydrogens is 461 g/mol. The summed E-state index contributed by atoms with van der Waals surface area (Å²) in [6.45, 7) is 0.0687. The highest BCUT2D eigenvalue weighted by atomic mass is 19.4. The van der Waals surface area contributed by atoms with Crippen LogP contribution in [0.3, 0.4) is 0 Å². The van der Waals surface area contributed by atoms with Gasteiger partial charge in [-0.05, 0) is 24.3 Å². The topological polar surface area (TPSA) is 128 Å². The van der Waals surface area contributed by atoms with Crippen molar-refractivity contribution >= 4 is 28.2 Å². The van der Waals surface area contributed by atoms with Gasteiger partial charge in [0.2, 0.25) is 5.75 Å². The van der Waals surface area contributed by atoms with Gasteiger partial charge in [-0.1, -0.05) is 0 Å². The number of amides is 1. The van der Waals surface area contributed by atoms with Crippen molar-refractivity contribution < 1.29 is 37.1 Å². The highest BCUT2D eigenvalue weighted by Crippen LogP contribution is 2.43. The van der Waals surface area contributed by atoms with Crippen LogP contribution in [0.15, 0.2) is 30.3 Å². The maximum atomic E-state index is 12.8. The van der Waals surface area contributed by atoms with Gasteiger partial charge in [-0.15, -0.1) is 0 Å². The smallest absolute Gasteiger partial charge is 0.416 e. The fourth-order valence-corrected chi connectivity index (χ4v) is 3.34. The molecule has 0 aliphatic carbocycles. The molecule has 3 rings (SSSR count). The van der Waals surface area contributed by atoms with Crippen LogP contribution >= 0.6 is 0 Å². The van der Waals surface area contributed by atoms with Gasteiger partial charge >= 0.3 is 6.18 Å². The Morgan fingerprint density at radius 2 is 1.76 bits per heavy atom. The van der Waals surface area contributed by atoms with E-state index in [0.717, 1.165) is 12.1 Å². The van der Waals surface area contributed by atoms with Crippen LogP contribution in [0.25, 0.3) is 10.9 Å². The number of alkyl halides is 3. The van der Waals surface area contributed by atoms with Gasteiger partial charge in [0, 0.05) is 24.5 Å². The zero-order chi connectivity index (χ0) is 25.0.